The Hall–Kier alpha value is -2.62. The summed E-state index contributed by atoms with van der Waals surface area (Å²) in [5.74, 6) is -0.144. The number of amides is 4. The Bertz CT molecular complexity index is 1030. The number of rotatable bonds is 7. The Morgan fingerprint density at radius 1 is 1.11 bits per heavy atom. The fraction of sp³-hybridized carbons (Fsp3) is 0.400. The van der Waals surface area contributed by atoms with E-state index in [1.165, 1.54) is 12.0 Å². The van der Waals surface area contributed by atoms with Gasteiger partial charge >= 0.3 is 12.1 Å². The van der Waals surface area contributed by atoms with Gasteiger partial charge in [0.2, 0.25) is 0 Å². The van der Waals surface area contributed by atoms with Crippen LogP contribution >= 0.6 is 28.3 Å². The first kappa shape index (κ1) is 27.0. The largest absolute Gasteiger partial charge is 0.453 e. The van der Waals surface area contributed by atoms with Crippen LogP contribution in [-0.2, 0) is 16.1 Å². The Labute approximate surface area is 219 Å². The standard InChI is InChI=1S/C25H29BrN4O4.ClH/c1-34-24(33)27-21(19-5-3-2-4-6-19)11-14-29-15-12-25(13-16-29)22(31)30(23(32)28-25)17-18-7-9-20(26)10-8-18;/h2-10,21H,11-17H2,1H3,(H,27,33)(H,28,32);1H/t21-;/m0./s1. The highest BCUT2D eigenvalue weighted by Gasteiger charge is 2.52. The number of hydrogen-bond acceptors (Lipinski definition) is 5. The lowest BCUT2D eigenvalue weighted by atomic mass is 9.87. The van der Waals surface area contributed by atoms with Crippen molar-refractivity contribution < 1.29 is 19.1 Å². The third-order valence-electron chi connectivity index (χ3n) is 6.62. The van der Waals surface area contributed by atoms with E-state index in [1.54, 1.807) is 0 Å². The van der Waals surface area contributed by atoms with Gasteiger partial charge in [0, 0.05) is 24.1 Å². The van der Waals surface area contributed by atoms with Crippen LogP contribution in [0.25, 0.3) is 0 Å². The van der Waals surface area contributed by atoms with Gasteiger partial charge in [-0.05, 0) is 42.5 Å². The minimum absolute atomic E-state index is 0. The molecule has 0 aromatic heterocycles. The molecule has 2 aromatic rings. The normalized spacial score (nSPS) is 18.1. The van der Waals surface area contributed by atoms with E-state index in [2.05, 4.69) is 31.5 Å². The van der Waals surface area contributed by atoms with Gasteiger partial charge in [0.05, 0.1) is 19.7 Å². The van der Waals surface area contributed by atoms with Crippen molar-refractivity contribution in [3.8, 4) is 0 Å². The number of nitrogens with zero attached hydrogens (tertiary/aromatic N) is 2. The summed E-state index contributed by atoms with van der Waals surface area (Å²) >= 11 is 3.40. The van der Waals surface area contributed by atoms with Crippen molar-refractivity contribution >= 4 is 46.4 Å². The van der Waals surface area contributed by atoms with Gasteiger partial charge in [0.15, 0.2) is 0 Å². The van der Waals surface area contributed by atoms with E-state index in [1.807, 2.05) is 54.6 Å². The van der Waals surface area contributed by atoms with E-state index in [0.717, 1.165) is 22.1 Å². The number of piperidine rings is 1. The third-order valence-corrected chi connectivity index (χ3v) is 7.15. The molecular formula is C25H30BrClN4O4. The molecule has 2 aliphatic rings. The van der Waals surface area contributed by atoms with Gasteiger partial charge in [-0.3, -0.25) is 9.69 Å². The molecule has 0 aliphatic carbocycles. The van der Waals surface area contributed by atoms with Crippen LogP contribution in [0.5, 0.6) is 0 Å². The molecule has 0 unspecified atom stereocenters. The summed E-state index contributed by atoms with van der Waals surface area (Å²) in [7, 11) is 1.36. The molecule has 0 radical (unpaired) electrons. The first-order valence-corrected chi connectivity index (χ1v) is 12.2. The molecule has 188 valence electrons. The maximum Gasteiger partial charge on any atom is 0.407 e. The molecule has 2 aliphatic heterocycles. The van der Waals surface area contributed by atoms with E-state index >= 15 is 0 Å². The highest BCUT2D eigenvalue weighted by Crippen LogP contribution is 2.31. The Morgan fingerprint density at radius 3 is 2.40 bits per heavy atom. The number of likely N-dealkylation sites (tertiary alicyclic amines) is 1. The van der Waals surface area contributed by atoms with E-state index in [0.29, 0.717) is 32.4 Å². The van der Waals surface area contributed by atoms with Crippen LogP contribution in [0, 0.1) is 0 Å². The second kappa shape index (κ2) is 11.9. The molecular weight excluding hydrogens is 536 g/mol. The van der Waals surface area contributed by atoms with Crippen molar-refractivity contribution in [2.75, 3.05) is 26.7 Å². The van der Waals surface area contributed by atoms with Crippen molar-refractivity contribution in [1.82, 2.24) is 20.4 Å². The van der Waals surface area contributed by atoms with E-state index in [4.69, 9.17) is 4.74 Å². The SMILES string of the molecule is COC(=O)N[C@@H](CCN1CCC2(CC1)NC(=O)N(Cc1ccc(Br)cc1)C2=O)c1ccccc1.Cl. The first-order valence-electron chi connectivity index (χ1n) is 11.4. The topological polar surface area (TPSA) is 91.0 Å². The number of hydrogen-bond donors (Lipinski definition) is 2. The van der Waals surface area contributed by atoms with Gasteiger partial charge in [-0.15, -0.1) is 12.4 Å². The minimum Gasteiger partial charge on any atom is -0.453 e. The van der Waals surface area contributed by atoms with Crippen LogP contribution in [0.3, 0.4) is 0 Å². The third kappa shape index (κ3) is 6.34. The molecule has 10 heteroatoms. The fourth-order valence-electron chi connectivity index (χ4n) is 4.61. The fourth-order valence-corrected chi connectivity index (χ4v) is 4.87. The van der Waals surface area contributed by atoms with Gasteiger partial charge in [-0.1, -0.05) is 58.4 Å². The summed E-state index contributed by atoms with van der Waals surface area (Å²) in [6.07, 6.45) is 1.38. The summed E-state index contributed by atoms with van der Waals surface area (Å²) in [5, 5.41) is 5.88. The van der Waals surface area contributed by atoms with Crippen LogP contribution in [0.4, 0.5) is 9.59 Å². The number of nitrogens with one attached hydrogen (secondary N) is 2. The molecule has 0 saturated carbocycles. The minimum atomic E-state index is -0.827. The van der Waals surface area contributed by atoms with E-state index in [-0.39, 0.29) is 36.9 Å². The Morgan fingerprint density at radius 2 is 1.77 bits per heavy atom. The highest BCUT2D eigenvalue weighted by atomic mass is 79.9. The van der Waals surface area contributed by atoms with Crippen molar-refractivity contribution in [2.45, 2.75) is 37.4 Å². The first-order chi connectivity index (χ1) is 16.4. The van der Waals surface area contributed by atoms with Gasteiger partial charge in [0.25, 0.3) is 5.91 Å². The molecule has 2 aromatic carbocycles. The zero-order chi connectivity index (χ0) is 24.1. The molecule has 1 atom stereocenters. The maximum atomic E-state index is 13.2. The lowest BCUT2D eigenvalue weighted by Gasteiger charge is -2.37. The number of methoxy groups -OCH3 is 1. The smallest absolute Gasteiger partial charge is 0.407 e. The number of alkyl carbamates (subject to hydrolysis) is 1. The molecule has 4 amide bonds. The number of ether oxygens (including phenoxy) is 1. The summed E-state index contributed by atoms with van der Waals surface area (Å²) in [6, 6.07) is 16.9. The number of carbonyl (C=O) groups is 3. The zero-order valence-corrected chi connectivity index (χ0v) is 21.9. The van der Waals surface area contributed by atoms with Crippen LogP contribution in [0.1, 0.15) is 36.4 Å². The number of halogens is 2. The second-order valence-corrected chi connectivity index (χ2v) is 9.68. The lowest BCUT2D eigenvalue weighted by molar-refractivity contribution is -0.133. The molecule has 2 fully saturated rings. The quantitative estimate of drug-likeness (QED) is 0.490. The van der Waals surface area contributed by atoms with Gasteiger partial charge < -0.3 is 20.3 Å². The molecule has 35 heavy (non-hydrogen) atoms. The Kier molecular flexibility index (Phi) is 9.15. The second-order valence-electron chi connectivity index (χ2n) is 8.76. The lowest BCUT2D eigenvalue weighted by Crippen LogP contribution is -2.55. The van der Waals surface area contributed by atoms with Crippen molar-refractivity contribution in [3.05, 3.63) is 70.2 Å². The molecule has 2 saturated heterocycles. The van der Waals surface area contributed by atoms with Crippen LogP contribution in [0.15, 0.2) is 59.1 Å². The van der Waals surface area contributed by atoms with Crippen LogP contribution in [0.2, 0.25) is 0 Å². The number of benzene rings is 2. The maximum absolute atomic E-state index is 13.2. The summed E-state index contributed by atoms with van der Waals surface area (Å²) < 4.78 is 5.74. The summed E-state index contributed by atoms with van der Waals surface area (Å²) in [4.78, 5) is 41.3. The zero-order valence-electron chi connectivity index (χ0n) is 19.5. The summed E-state index contributed by atoms with van der Waals surface area (Å²) in [6.45, 7) is 2.40. The molecule has 8 nitrogen and oxygen atoms in total. The predicted molar refractivity (Wildman–Crippen MR) is 138 cm³/mol. The highest BCUT2D eigenvalue weighted by molar-refractivity contribution is 9.10. The van der Waals surface area contributed by atoms with Gasteiger partial charge in [-0.2, -0.15) is 0 Å². The summed E-state index contributed by atoms with van der Waals surface area (Å²) in [5.41, 5.74) is 1.10. The predicted octanol–water partition coefficient (Wildman–Crippen LogP) is 4.24. The molecule has 1 spiro atoms. The number of urea groups is 1. The molecule has 2 N–H and O–H groups in total. The van der Waals surface area contributed by atoms with E-state index in [9.17, 15) is 14.4 Å². The van der Waals surface area contributed by atoms with Crippen molar-refractivity contribution in [2.24, 2.45) is 0 Å². The molecule has 0 bridgehead atoms. The Balaban J connectivity index is 0.00000342. The van der Waals surface area contributed by atoms with Crippen molar-refractivity contribution in [3.63, 3.8) is 0 Å². The molecule has 2 heterocycles. The molecule has 4 rings (SSSR count). The van der Waals surface area contributed by atoms with Crippen LogP contribution in [-0.4, -0.2) is 60.1 Å². The van der Waals surface area contributed by atoms with Gasteiger partial charge in [0.1, 0.15) is 5.54 Å². The monoisotopic (exact) mass is 564 g/mol. The average Bonchev–Trinajstić information content (AvgIpc) is 3.08. The number of imide groups is 1. The van der Waals surface area contributed by atoms with Crippen LogP contribution < -0.4 is 10.6 Å². The van der Waals surface area contributed by atoms with E-state index < -0.39 is 11.6 Å². The van der Waals surface area contributed by atoms with Crippen molar-refractivity contribution in [1.29, 1.82) is 0 Å². The number of carbonyl (C=O) groups excluding carboxylic acids is 3. The average molecular weight is 566 g/mol. The van der Waals surface area contributed by atoms with Gasteiger partial charge in [-0.25, -0.2) is 9.59 Å².